The average molecular weight is 297 g/mol. The molecule has 116 valence electrons. The van der Waals surface area contributed by atoms with Crippen molar-refractivity contribution in [2.45, 2.75) is 45.2 Å². The molecule has 0 aliphatic heterocycles. The smallest absolute Gasteiger partial charge is 0.193 e. The number of nitrogens with one attached hydrogen (secondary N) is 1. The van der Waals surface area contributed by atoms with Crippen LogP contribution < -0.4 is 11.1 Å². The van der Waals surface area contributed by atoms with Crippen molar-refractivity contribution < 1.29 is 0 Å². The summed E-state index contributed by atoms with van der Waals surface area (Å²) in [6.45, 7) is 2.56. The third kappa shape index (κ3) is 3.67. The molecule has 1 heterocycles. The number of rotatable bonds is 4. The second kappa shape index (κ2) is 6.64. The molecule has 0 amide bonds. The number of benzene rings is 1. The minimum atomic E-state index is 0.416. The van der Waals surface area contributed by atoms with Crippen molar-refractivity contribution in [1.29, 1.82) is 0 Å². The van der Waals surface area contributed by atoms with Crippen LogP contribution in [0.5, 0.6) is 0 Å². The zero-order chi connectivity index (χ0) is 15.4. The quantitative estimate of drug-likeness (QED) is 0.672. The predicted octanol–water partition coefficient (Wildman–Crippen LogP) is 3.23. The number of nitrogens with zero attached hydrogens (tertiary/aromatic N) is 3. The van der Waals surface area contributed by atoms with E-state index in [4.69, 9.17) is 5.73 Å². The molecule has 1 aromatic carbocycles. The van der Waals surface area contributed by atoms with E-state index in [1.54, 1.807) is 0 Å². The molecule has 0 spiro atoms. The van der Waals surface area contributed by atoms with Gasteiger partial charge in [0.1, 0.15) is 0 Å². The van der Waals surface area contributed by atoms with Crippen LogP contribution in [0.3, 0.4) is 0 Å². The summed E-state index contributed by atoms with van der Waals surface area (Å²) in [4.78, 5) is 4.36. The van der Waals surface area contributed by atoms with Gasteiger partial charge in [-0.1, -0.05) is 30.5 Å². The van der Waals surface area contributed by atoms with Gasteiger partial charge in [-0.25, -0.2) is 4.99 Å². The first kappa shape index (κ1) is 14.6. The van der Waals surface area contributed by atoms with Crippen molar-refractivity contribution in [1.82, 2.24) is 9.78 Å². The number of aliphatic imine (C=N–C) groups is 1. The lowest BCUT2D eigenvalue weighted by atomic mass is 10.2. The molecule has 1 aromatic heterocycles. The Bertz CT molecular complexity index is 635. The maximum absolute atomic E-state index is 5.92. The molecule has 0 radical (unpaired) electrons. The Kier molecular flexibility index (Phi) is 4.42. The van der Waals surface area contributed by atoms with Crippen LogP contribution in [0.15, 0.2) is 41.5 Å². The number of aromatic nitrogens is 2. The van der Waals surface area contributed by atoms with Crippen molar-refractivity contribution in [3.63, 3.8) is 0 Å². The molecule has 0 unspecified atom stereocenters. The van der Waals surface area contributed by atoms with Crippen LogP contribution in [0.2, 0.25) is 0 Å². The van der Waals surface area contributed by atoms with Crippen molar-refractivity contribution >= 4 is 11.6 Å². The van der Waals surface area contributed by atoms with Crippen LogP contribution in [0.25, 0.3) is 0 Å². The lowest BCUT2D eigenvalue weighted by Crippen LogP contribution is -2.22. The van der Waals surface area contributed by atoms with Crippen molar-refractivity contribution in [3.8, 4) is 0 Å². The Morgan fingerprint density at radius 1 is 1.27 bits per heavy atom. The summed E-state index contributed by atoms with van der Waals surface area (Å²) in [6.07, 6.45) is 7.16. The molecule has 3 N–H and O–H groups in total. The third-order valence-corrected chi connectivity index (χ3v) is 4.10. The van der Waals surface area contributed by atoms with Gasteiger partial charge in [0.25, 0.3) is 0 Å². The van der Waals surface area contributed by atoms with Crippen molar-refractivity contribution in [2.75, 3.05) is 5.32 Å². The largest absolute Gasteiger partial charge is 0.370 e. The number of nitrogens with two attached hydrogens (primary N) is 1. The van der Waals surface area contributed by atoms with Crippen LogP contribution in [0.1, 0.15) is 43.0 Å². The molecular formula is C17H23N5. The Morgan fingerprint density at radius 3 is 2.73 bits per heavy atom. The minimum Gasteiger partial charge on any atom is -0.370 e. The molecule has 5 nitrogen and oxygen atoms in total. The highest BCUT2D eigenvalue weighted by Crippen LogP contribution is 2.28. The van der Waals surface area contributed by atoms with Gasteiger partial charge in [0.2, 0.25) is 0 Å². The highest BCUT2D eigenvalue weighted by atomic mass is 15.3. The molecule has 22 heavy (non-hydrogen) atoms. The number of anilines is 1. The molecule has 2 aromatic rings. The van der Waals surface area contributed by atoms with Gasteiger partial charge in [-0.2, -0.15) is 5.10 Å². The molecule has 1 aliphatic carbocycles. The second-order valence-corrected chi connectivity index (χ2v) is 5.92. The summed E-state index contributed by atoms with van der Waals surface area (Å²) >= 11 is 0. The van der Waals surface area contributed by atoms with Gasteiger partial charge in [-0.3, -0.25) is 4.68 Å². The first-order valence-corrected chi connectivity index (χ1v) is 7.88. The van der Waals surface area contributed by atoms with Gasteiger partial charge in [0.15, 0.2) is 5.96 Å². The highest BCUT2D eigenvalue weighted by Gasteiger charge is 2.17. The topological polar surface area (TPSA) is 68.2 Å². The van der Waals surface area contributed by atoms with Crippen LogP contribution in [-0.2, 0) is 6.54 Å². The highest BCUT2D eigenvalue weighted by molar-refractivity contribution is 5.92. The Hall–Kier alpha value is -2.30. The monoisotopic (exact) mass is 297 g/mol. The maximum Gasteiger partial charge on any atom is 0.193 e. The molecule has 1 saturated carbocycles. The average Bonchev–Trinajstić information content (AvgIpc) is 3.18. The zero-order valence-corrected chi connectivity index (χ0v) is 13.0. The zero-order valence-electron chi connectivity index (χ0n) is 13.0. The van der Waals surface area contributed by atoms with Gasteiger partial charge in [-0.15, -0.1) is 0 Å². The Labute approximate surface area is 131 Å². The van der Waals surface area contributed by atoms with Crippen LogP contribution >= 0.6 is 0 Å². The van der Waals surface area contributed by atoms with E-state index in [9.17, 15) is 0 Å². The summed E-state index contributed by atoms with van der Waals surface area (Å²) in [5.74, 6) is 0.416. The van der Waals surface area contributed by atoms with E-state index in [1.807, 2.05) is 30.3 Å². The number of guanidine groups is 1. The van der Waals surface area contributed by atoms with Gasteiger partial charge < -0.3 is 11.1 Å². The SMILES string of the molecule is Cc1ccc(NC(N)=NCc2ccn(C3CCCC3)n2)cc1. The van der Waals surface area contributed by atoms with E-state index >= 15 is 0 Å². The standard InChI is InChI=1S/C17H23N5/c1-13-6-8-14(9-7-13)20-17(18)19-12-15-10-11-22(21-15)16-4-2-3-5-16/h6-11,16H,2-5,12H2,1H3,(H3,18,19,20). The van der Waals surface area contributed by atoms with E-state index in [1.165, 1.54) is 31.2 Å². The molecule has 0 atom stereocenters. The molecule has 0 saturated heterocycles. The first-order valence-electron chi connectivity index (χ1n) is 7.88. The molecular weight excluding hydrogens is 274 g/mol. The first-order chi connectivity index (χ1) is 10.7. The van der Waals surface area contributed by atoms with Gasteiger partial charge >= 0.3 is 0 Å². The van der Waals surface area contributed by atoms with E-state index in [0.717, 1.165) is 11.4 Å². The summed E-state index contributed by atoms with van der Waals surface area (Å²) < 4.78 is 2.08. The van der Waals surface area contributed by atoms with E-state index in [0.29, 0.717) is 18.5 Å². The summed E-state index contributed by atoms with van der Waals surface area (Å²) in [6, 6.07) is 10.7. The fraction of sp³-hybridized carbons (Fsp3) is 0.412. The summed E-state index contributed by atoms with van der Waals surface area (Å²) in [5, 5.41) is 7.70. The molecule has 1 fully saturated rings. The summed E-state index contributed by atoms with van der Waals surface area (Å²) in [5.41, 5.74) is 9.05. The number of hydrogen-bond acceptors (Lipinski definition) is 2. The van der Waals surface area contributed by atoms with Crippen molar-refractivity contribution in [3.05, 3.63) is 47.8 Å². The van der Waals surface area contributed by atoms with Gasteiger partial charge in [0, 0.05) is 11.9 Å². The van der Waals surface area contributed by atoms with Crippen LogP contribution in [-0.4, -0.2) is 15.7 Å². The van der Waals surface area contributed by atoms with Crippen molar-refractivity contribution in [2.24, 2.45) is 10.7 Å². The second-order valence-electron chi connectivity index (χ2n) is 5.92. The number of hydrogen-bond donors (Lipinski definition) is 2. The molecule has 0 bridgehead atoms. The van der Waals surface area contributed by atoms with E-state index < -0.39 is 0 Å². The molecule has 1 aliphatic rings. The lowest BCUT2D eigenvalue weighted by Gasteiger charge is -2.08. The molecule has 5 heteroatoms. The van der Waals surface area contributed by atoms with Gasteiger partial charge in [-0.05, 0) is 38.0 Å². The van der Waals surface area contributed by atoms with Gasteiger partial charge in [0.05, 0.1) is 18.3 Å². The third-order valence-electron chi connectivity index (χ3n) is 4.10. The predicted molar refractivity (Wildman–Crippen MR) is 89.9 cm³/mol. The fourth-order valence-electron chi connectivity index (χ4n) is 2.82. The van der Waals surface area contributed by atoms with E-state index in [-0.39, 0.29) is 0 Å². The fourth-order valence-corrected chi connectivity index (χ4v) is 2.82. The Balaban J connectivity index is 1.57. The lowest BCUT2D eigenvalue weighted by molar-refractivity contribution is 0.463. The van der Waals surface area contributed by atoms with Crippen LogP contribution in [0.4, 0.5) is 5.69 Å². The normalized spacial score (nSPS) is 16.1. The maximum atomic E-state index is 5.92. The number of aryl methyl sites for hydroxylation is 1. The Morgan fingerprint density at radius 2 is 2.00 bits per heavy atom. The molecule has 3 rings (SSSR count). The minimum absolute atomic E-state index is 0.416. The van der Waals surface area contributed by atoms with Crippen LogP contribution in [0, 0.1) is 6.92 Å². The van der Waals surface area contributed by atoms with E-state index in [2.05, 4.69) is 33.2 Å². The summed E-state index contributed by atoms with van der Waals surface area (Å²) in [7, 11) is 0.